The average Bonchev–Trinajstić information content (AvgIpc) is 1.88. The molecule has 0 aliphatic rings. The van der Waals surface area contributed by atoms with Crippen molar-refractivity contribution in [3.05, 3.63) is 35.4 Å². The zero-order chi connectivity index (χ0) is 7.56. The molecule has 1 nitrogen and oxygen atoms in total. The van der Waals surface area contributed by atoms with Crippen LogP contribution in [-0.4, -0.2) is 13.5 Å². The highest BCUT2D eigenvalue weighted by Crippen LogP contribution is 2.02. The van der Waals surface area contributed by atoms with E-state index in [0.29, 0.717) is 5.56 Å². The van der Waals surface area contributed by atoms with E-state index in [9.17, 15) is 4.79 Å². The van der Waals surface area contributed by atoms with Gasteiger partial charge in [-0.1, -0.05) is 23.8 Å². The van der Waals surface area contributed by atoms with Crippen LogP contribution in [0.5, 0.6) is 0 Å². The van der Waals surface area contributed by atoms with Gasteiger partial charge in [0.25, 0.3) is 0 Å². The van der Waals surface area contributed by atoms with Crippen LogP contribution < -0.4 is 0 Å². The molecular weight excluding hydrogens is 123 g/mol. The number of aryl methyl sites for hydroxylation is 1. The van der Waals surface area contributed by atoms with E-state index in [2.05, 4.69) is 0 Å². The standard InChI is InChI=1S/C8H7BO/c1-6-3-2-4-7(5-6)8(9)10/h2-5H,1H3. The Bertz CT molecular complexity index is 255. The molecule has 10 heavy (non-hydrogen) atoms. The van der Waals surface area contributed by atoms with Crippen LogP contribution in [0, 0.1) is 6.92 Å². The zero-order valence-electron chi connectivity index (χ0n) is 5.79. The minimum atomic E-state index is -0.372. The molecule has 48 valence electrons. The van der Waals surface area contributed by atoms with E-state index in [-0.39, 0.29) is 5.68 Å². The molecule has 0 amide bonds. The Kier molecular flexibility index (Phi) is 1.90. The Labute approximate surface area is 61.5 Å². The van der Waals surface area contributed by atoms with Crippen molar-refractivity contribution in [1.82, 2.24) is 0 Å². The summed E-state index contributed by atoms with van der Waals surface area (Å²) >= 11 is 0. The molecule has 0 spiro atoms. The van der Waals surface area contributed by atoms with E-state index in [1.165, 1.54) is 0 Å². The quantitative estimate of drug-likeness (QED) is 0.523. The molecule has 0 bridgehead atoms. The van der Waals surface area contributed by atoms with Crippen LogP contribution in [0.25, 0.3) is 0 Å². The Morgan fingerprint density at radius 1 is 1.50 bits per heavy atom. The van der Waals surface area contributed by atoms with E-state index in [0.717, 1.165) is 5.56 Å². The van der Waals surface area contributed by atoms with Gasteiger partial charge in [0.05, 0.1) is 0 Å². The first kappa shape index (κ1) is 7.07. The van der Waals surface area contributed by atoms with E-state index >= 15 is 0 Å². The lowest BCUT2D eigenvalue weighted by Gasteiger charge is -1.95. The van der Waals surface area contributed by atoms with Gasteiger partial charge in [0.15, 0.2) is 7.85 Å². The van der Waals surface area contributed by atoms with E-state index in [1.54, 1.807) is 12.1 Å². The molecule has 1 aromatic rings. The van der Waals surface area contributed by atoms with Gasteiger partial charge < -0.3 is 4.79 Å². The number of benzene rings is 1. The van der Waals surface area contributed by atoms with Gasteiger partial charge in [-0.25, -0.2) is 0 Å². The minimum Gasteiger partial charge on any atom is -0.307 e. The molecule has 0 aliphatic carbocycles. The third-order valence-electron chi connectivity index (χ3n) is 1.30. The highest BCUT2D eigenvalue weighted by Gasteiger charge is 1.95. The molecule has 2 radical (unpaired) electrons. The molecule has 0 saturated carbocycles. The minimum absolute atomic E-state index is 0.372. The molecule has 0 aliphatic heterocycles. The topological polar surface area (TPSA) is 17.1 Å². The molecular formula is C8H7BO. The summed E-state index contributed by atoms with van der Waals surface area (Å²) in [5.74, 6) is 0. The van der Waals surface area contributed by atoms with Gasteiger partial charge in [-0.3, -0.25) is 0 Å². The van der Waals surface area contributed by atoms with Crippen molar-refractivity contribution < 1.29 is 4.79 Å². The van der Waals surface area contributed by atoms with Gasteiger partial charge in [0.2, 0.25) is 0 Å². The molecule has 2 heteroatoms. The smallest absolute Gasteiger partial charge is 0.175 e. The van der Waals surface area contributed by atoms with Gasteiger partial charge in [-0.05, 0) is 13.0 Å². The lowest BCUT2D eigenvalue weighted by Crippen LogP contribution is -1.96. The zero-order valence-corrected chi connectivity index (χ0v) is 5.79. The Hall–Kier alpha value is -1.05. The first-order valence-electron chi connectivity index (χ1n) is 3.06. The van der Waals surface area contributed by atoms with Gasteiger partial charge in [-0.15, -0.1) is 0 Å². The van der Waals surface area contributed by atoms with Crippen LogP contribution in [0.4, 0.5) is 0 Å². The molecule has 1 aromatic carbocycles. The van der Waals surface area contributed by atoms with Crippen molar-refractivity contribution in [2.24, 2.45) is 0 Å². The molecule has 1 rings (SSSR count). The molecule has 0 unspecified atom stereocenters. The Morgan fingerprint density at radius 3 is 2.60 bits per heavy atom. The largest absolute Gasteiger partial charge is 0.307 e. The predicted molar refractivity (Wildman–Crippen MR) is 41.3 cm³/mol. The molecule has 0 N–H and O–H groups in total. The molecule has 0 saturated heterocycles. The monoisotopic (exact) mass is 130 g/mol. The molecule has 0 heterocycles. The van der Waals surface area contributed by atoms with Crippen LogP contribution in [0.2, 0.25) is 0 Å². The van der Waals surface area contributed by atoms with Crippen molar-refractivity contribution >= 4 is 13.5 Å². The number of hydrogen-bond donors (Lipinski definition) is 0. The average molecular weight is 130 g/mol. The van der Waals surface area contributed by atoms with Crippen molar-refractivity contribution in [2.75, 3.05) is 0 Å². The van der Waals surface area contributed by atoms with Crippen LogP contribution in [0.1, 0.15) is 15.9 Å². The maximum Gasteiger partial charge on any atom is 0.175 e. The van der Waals surface area contributed by atoms with Gasteiger partial charge in [-0.2, -0.15) is 0 Å². The van der Waals surface area contributed by atoms with Gasteiger partial charge in [0, 0.05) is 5.56 Å². The summed E-state index contributed by atoms with van der Waals surface area (Å²) in [6.07, 6.45) is 0. The summed E-state index contributed by atoms with van der Waals surface area (Å²) < 4.78 is 0. The van der Waals surface area contributed by atoms with E-state index in [1.807, 2.05) is 19.1 Å². The van der Waals surface area contributed by atoms with Crippen LogP contribution >= 0.6 is 0 Å². The second-order valence-corrected chi connectivity index (χ2v) is 2.23. The van der Waals surface area contributed by atoms with E-state index in [4.69, 9.17) is 7.85 Å². The first-order valence-corrected chi connectivity index (χ1v) is 3.06. The maximum absolute atomic E-state index is 10.6. The number of carbonyl (C=O) groups is 1. The lowest BCUT2D eigenvalue weighted by molar-refractivity contribution is 0.108. The normalized spacial score (nSPS) is 9.30. The fourth-order valence-corrected chi connectivity index (χ4v) is 0.798. The van der Waals surface area contributed by atoms with Crippen LogP contribution in [0.15, 0.2) is 24.3 Å². The van der Waals surface area contributed by atoms with Gasteiger partial charge in [0.1, 0.15) is 5.68 Å². The summed E-state index contributed by atoms with van der Waals surface area (Å²) in [6.45, 7) is 1.92. The highest BCUT2D eigenvalue weighted by molar-refractivity contribution is 6.62. The number of rotatable bonds is 1. The second-order valence-electron chi connectivity index (χ2n) is 2.23. The Balaban J connectivity index is 3.07. The highest BCUT2D eigenvalue weighted by atomic mass is 16.1. The fourth-order valence-electron chi connectivity index (χ4n) is 0.798. The lowest BCUT2D eigenvalue weighted by atomic mass is 9.94. The maximum atomic E-state index is 10.6. The Morgan fingerprint density at radius 2 is 2.20 bits per heavy atom. The third kappa shape index (κ3) is 1.47. The van der Waals surface area contributed by atoms with Crippen LogP contribution in [-0.2, 0) is 0 Å². The summed E-state index contributed by atoms with van der Waals surface area (Å²) in [6, 6.07) is 7.21. The molecule has 0 atom stereocenters. The van der Waals surface area contributed by atoms with Crippen molar-refractivity contribution in [2.45, 2.75) is 6.92 Å². The van der Waals surface area contributed by atoms with Crippen molar-refractivity contribution in [3.8, 4) is 0 Å². The second kappa shape index (κ2) is 2.69. The summed E-state index contributed by atoms with van der Waals surface area (Å²) in [5, 5.41) is 0. The van der Waals surface area contributed by atoms with Crippen molar-refractivity contribution in [3.63, 3.8) is 0 Å². The van der Waals surface area contributed by atoms with E-state index < -0.39 is 0 Å². The molecule has 0 aromatic heterocycles. The number of carbonyl (C=O) groups excluding carboxylic acids is 1. The summed E-state index contributed by atoms with van der Waals surface area (Å²) in [7, 11) is 5.04. The summed E-state index contributed by atoms with van der Waals surface area (Å²) in [4.78, 5) is 10.6. The molecule has 0 fully saturated rings. The fraction of sp³-hybridized carbons (Fsp3) is 0.125. The van der Waals surface area contributed by atoms with Crippen molar-refractivity contribution in [1.29, 1.82) is 0 Å². The third-order valence-corrected chi connectivity index (χ3v) is 1.30. The predicted octanol–water partition coefficient (Wildman–Crippen LogP) is 1.30. The van der Waals surface area contributed by atoms with Crippen LogP contribution in [0.3, 0.4) is 0 Å². The van der Waals surface area contributed by atoms with Gasteiger partial charge >= 0.3 is 0 Å². The SMILES string of the molecule is [B]C(=O)c1cccc(C)c1. The summed E-state index contributed by atoms with van der Waals surface area (Å²) in [5.41, 5.74) is 1.25. The number of hydrogen-bond acceptors (Lipinski definition) is 1. The first-order chi connectivity index (χ1) is 4.70.